The predicted octanol–water partition coefficient (Wildman–Crippen LogP) is 4.47. The molecule has 0 bridgehead atoms. The monoisotopic (exact) mass is 340 g/mol. The van der Waals surface area contributed by atoms with E-state index in [9.17, 15) is 4.79 Å². The molecule has 124 valence electrons. The normalized spacial score (nSPS) is 11.0. The van der Waals surface area contributed by atoms with Crippen LogP contribution in [0.3, 0.4) is 0 Å². The molecule has 0 aliphatic heterocycles. The summed E-state index contributed by atoms with van der Waals surface area (Å²) in [4.78, 5) is 20.3. The number of Topliss-reactive ketones (excluding diaryl/α,β-unsaturated/α-hetero) is 1. The van der Waals surface area contributed by atoms with Gasteiger partial charge < -0.3 is 9.72 Å². The number of aromatic amines is 1. The molecule has 1 N–H and O–H groups in total. The van der Waals surface area contributed by atoms with Gasteiger partial charge in [-0.05, 0) is 55.7 Å². The van der Waals surface area contributed by atoms with E-state index in [-0.39, 0.29) is 5.78 Å². The van der Waals surface area contributed by atoms with Crippen molar-refractivity contribution in [3.63, 3.8) is 0 Å². The highest BCUT2D eigenvalue weighted by Crippen LogP contribution is 2.24. The van der Waals surface area contributed by atoms with Crippen molar-refractivity contribution in [3.05, 3.63) is 52.6 Å². The fraction of sp³-hybridized carbons (Fsp3) is 0.263. The fourth-order valence-electron chi connectivity index (χ4n) is 2.63. The standard InChI is InChI=1S/C19H20N2O2S/c1-11-7-13(3)15(8-12(11)2)18(22)10-24-19-20-16-6-5-14(23-4)9-17(16)21-19/h5-9H,10H2,1-4H3,(H,20,21). The number of imidazole rings is 1. The number of aromatic nitrogens is 2. The van der Waals surface area contributed by atoms with E-state index < -0.39 is 0 Å². The van der Waals surface area contributed by atoms with E-state index in [1.165, 1.54) is 17.3 Å². The summed E-state index contributed by atoms with van der Waals surface area (Å²) in [6.45, 7) is 6.08. The van der Waals surface area contributed by atoms with E-state index in [1.807, 2.05) is 38.1 Å². The Morgan fingerprint density at radius 2 is 1.88 bits per heavy atom. The first-order valence-electron chi connectivity index (χ1n) is 7.75. The lowest BCUT2D eigenvalue weighted by atomic mass is 9.99. The molecule has 0 unspecified atom stereocenters. The summed E-state index contributed by atoms with van der Waals surface area (Å²) < 4.78 is 5.21. The largest absolute Gasteiger partial charge is 0.497 e. The molecule has 3 rings (SSSR count). The van der Waals surface area contributed by atoms with Crippen molar-refractivity contribution in [1.82, 2.24) is 9.97 Å². The Morgan fingerprint density at radius 3 is 2.62 bits per heavy atom. The van der Waals surface area contributed by atoms with Gasteiger partial charge in [0.1, 0.15) is 5.75 Å². The molecule has 24 heavy (non-hydrogen) atoms. The number of H-pyrrole nitrogens is 1. The lowest BCUT2D eigenvalue weighted by Crippen LogP contribution is -2.06. The van der Waals surface area contributed by atoms with Gasteiger partial charge >= 0.3 is 0 Å². The average Bonchev–Trinajstić information content (AvgIpc) is 2.97. The average molecular weight is 340 g/mol. The lowest BCUT2D eigenvalue weighted by Gasteiger charge is -2.08. The van der Waals surface area contributed by atoms with E-state index in [0.29, 0.717) is 5.75 Å². The van der Waals surface area contributed by atoms with Gasteiger partial charge in [0.2, 0.25) is 0 Å². The van der Waals surface area contributed by atoms with Crippen molar-refractivity contribution in [3.8, 4) is 5.75 Å². The Bertz CT molecular complexity index is 915. The Labute approximate surface area is 145 Å². The molecule has 5 heteroatoms. The minimum atomic E-state index is 0.124. The molecule has 2 aromatic carbocycles. The van der Waals surface area contributed by atoms with Crippen LogP contribution in [0.1, 0.15) is 27.0 Å². The molecule has 0 aliphatic rings. The quantitative estimate of drug-likeness (QED) is 0.550. The number of aryl methyl sites for hydroxylation is 3. The summed E-state index contributed by atoms with van der Waals surface area (Å²) >= 11 is 1.42. The van der Waals surface area contributed by atoms with Gasteiger partial charge in [-0.1, -0.05) is 17.8 Å². The smallest absolute Gasteiger partial charge is 0.173 e. The highest BCUT2D eigenvalue weighted by Gasteiger charge is 2.13. The number of ether oxygens (including phenoxy) is 1. The van der Waals surface area contributed by atoms with Crippen molar-refractivity contribution in [2.24, 2.45) is 0 Å². The van der Waals surface area contributed by atoms with E-state index in [1.54, 1.807) is 7.11 Å². The van der Waals surface area contributed by atoms with Gasteiger partial charge in [0.25, 0.3) is 0 Å². The highest BCUT2D eigenvalue weighted by molar-refractivity contribution is 7.99. The first-order chi connectivity index (χ1) is 11.5. The van der Waals surface area contributed by atoms with E-state index in [0.717, 1.165) is 38.6 Å². The number of benzene rings is 2. The van der Waals surface area contributed by atoms with E-state index in [4.69, 9.17) is 4.74 Å². The van der Waals surface area contributed by atoms with Crippen molar-refractivity contribution in [2.45, 2.75) is 25.9 Å². The Balaban J connectivity index is 1.75. The van der Waals surface area contributed by atoms with Gasteiger partial charge in [-0.3, -0.25) is 4.79 Å². The number of hydrogen-bond donors (Lipinski definition) is 1. The van der Waals surface area contributed by atoms with Gasteiger partial charge in [-0.15, -0.1) is 0 Å². The zero-order chi connectivity index (χ0) is 17.3. The summed E-state index contributed by atoms with van der Waals surface area (Å²) in [5.41, 5.74) is 5.95. The summed E-state index contributed by atoms with van der Waals surface area (Å²) in [6, 6.07) is 9.74. The maximum Gasteiger partial charge on any atom is 0.173 e. The fourth-order valence-corrected chi connectivity index (χ4v) is 3.40. The molecule has 0 saturated carbocycles. The maximum atomic E-state index is 12.5. The third kappa shape index (κ3) is 3.31. The predicted molar refractivity (Wildman–Crippen MR) is 98.4 cm³/mol. The molecule has 0 atom stereocenters. The molecule has 0 amide bonds. The van der Waals surface area contributed by atoms with Crippen LogP contribution in [0.15, 0.2) is 35.5 Å². The third-order valence-electron chi connectivity index (χ3n) is 4.15. The number of nitrogens with one attached hydrogen (secondary N) is 1. The Morgan fingerprint density at radius 1 is 1.12 bits per heavy atom. The zero-order valence-corrected chi connectivity index (χ0v) is 15.1. The second-order valence-corrected chi connectivity index (χ2v) is 6.85. The molecular weight excluding hydrogens is 320 g/mol. The molecule has 0 spiro atoms. The zero-order valence-electron chi connectivity index (χ0n) is 14.3. The summed E-state index contributed by atoms with van der Waals surface area (Å²) in [7, 11) is 1.64. The number of hydrogen-bond acceptors (Lipinski definition) is 4. The number of ketones is 1. The van der Waals surface area contributed by atoms with Crippen LogP contribution in [0.5, 0.6) is 5.75 Å². The molecule has 1 heterocycles. The van der Waals surface area contributed by atoms with Crippen LogP contribution >= 0.6 is 11.8 Å². The van der Waals surface area contributed by atoms with Gasteiger partial charge in [-0.25, -0.2) is 4.98 Å². The van der Waals surface area contributed by atoms with Gasteiger partial charge in [0.15, 0.2) is 10.9 Å². The van der Waals surface area contributed by atoms with Crippen LogP contribution in [0, 0.1) is 20.8 Å². The highest BCUT2D eigenvalue weighted by atomic mass is 32.2. The van der Waals surface area contributed by atoms with E-state index >= 15 is 0 Å². The number of carbonyl (C=O) groups excluding carboxylic acids is 1. The minimum absolute atomic E-state index is 0.124. The molecule has 0 saturated heterocycles. The van der Waals surface area contributed by atoms with Crippen LogP contribution in [-0.4, -0.2) is 28.6 Å². The topological polar surface area (TPSA) is 55.0 Å². The molecular formula is C19H20N2O2S. The summed E-state index contributed by atoms with van der Waals surface area (Å²) in [5.74, 6) is 1.27. The number of nitrogens with zero attached hydrogens (tertiary/aromatic N) is 1. The summed E-state index contributed by atoms with van der Waals surface area (Å²) in [5, 5.41) is 0.744. The van der Waals surface area contributed by atoms with Crippen LogP contribution < -0.4 is 4.74 Å². The molecule has 3 aromatic rings. The molecule has 0 radical (unpaired) electrons. The van der Waals surface area contributed by atoms with Crippen molar-refractivity contribution >= 4 is 28.6 Å². The van der Waals surface area contributed by atoms with Crippen LogP contribution in [0.2, 0.25) is 0 Å². The molecule has 0 fully saturated rings. The first kappa shape index (κ1) is 16.6. The Hall–Kier alpha value is -2.27. The van der Waals surface area contributed by atoms with Crippen LogP contribution in [0.4, 0.5) is 0 Å². The maximum absolute atomic E-state index is 12.5. The van der Waals surface area contributed by atoms with E-state index in [2.05, 4.69) is 23.0 Å². The van der Waals surface area contributed by atoms with Crippen molar-refractivity contribution in [2.75, 3.05) is 12.9 Å². The number of fused-ring (bicyclic) bond motifs is 1. The molecule has 4 nitrogen and oxygen atoms in total. The molecule has 0 aliphatic carbocycles. The number of thioether (sulfide) groups is 1. The van der Waals surface area contributed by atoms with Gasteiger partial charge in [0, 0.05) is 11.6 Å². The minimum Gasteiger partial charge on any atom is -0.497 e. The first-order valence-corrected chi connectivity index (χ1v) is 8.74. The number of methoxy groups -OCH3 is 1. The van der Waals surface area contributed by atoms with Gasteiger partial charge in [-0.2, -0.15) is 0 Å². The SMILES string of the molecule is COc1ccc2nc(SCC(=O)c3cc(C)c(C)cc3C)[nH]c2c1. The molecule has 1 aromatic heterocycles. The number of rotatable bonds is 5. The van der Waals surface area contributed by atoms with Crippen LogP contribution in [-0.2, 0) is 0 Å². The number of carbonyl (C=O) groups is 1. The second-order valence-electron chi connectivity index (χ2n) is 5.89. The van der Waals surface area contributed by atoms with Crippen molar-refractivity contribution < 1.29 is 9.53 Å². The lowest BCUT2D eigenvalue weighted by molar-refractivity contribution is 0.102. The Kier molecular flexibility index (Phi) is 4.62. The van der Waals surface area contributed by atoms with Gasteiger partial charge in [0.05, 0.1) is 23.9 Å². The third-order valence-corrected chi connectivity index (χ3v) is 5.02. The van der Waals surface area contributed by atoms with Crippen LogP contribution in [0.25, 0.3) is 11.0 Å². The van der Waals surface area contributed by atoms with Crippen molar-refractivity contribution in [1.29, 1.82) is 0 Å². The second kappa shape index (κ2) is 6.69. The summed E-state index contributed by atoms with van der Waals surface area (Å²) in [6.07, 6.45) is 0.